The Kier molecular flexibility index (Phi) is 3.08. The number of alkyl halides is 1. The van der Waals surface area contributed by atoms with E-state index in [-0.39, 0.29) is 11.3 Å². The Morgan fingerprint density at radius 3 is 2.79 bits per heavy atom. The van der Waals surface area contributed by atoms with Crippen LogP contribution in [0.1, 0.15) is 22.5 Å². The van der Waals surface area contributed by atoms with Gasteiger partial charge in [-0.2, -0.15) is 0 Å². The number of thiophene rings is 1. The second kappa shape index (κ2) is 4.32. The number of hydrogen-bond donors (Lipinski definition) is 0. The van der Waals surface area contributed by atoms with Crippen LogP contribution in [0, 0.1) is 0 Å². The first-order chi connectivity index (χ1) is 6.77. The van der Waals surface area contributed by atoms with Gasteiger partial charge in [-0.25, -0.2) is 0 Å². The van der Waals surface area contributed by atoms with Crippen LogP contribution < -0.4 is 0 Å². The molecule has 4 heteroatoms. The first-order valence-electron chi connectivity index (χ1n) is 4.74. The van der Waals surface area contributed by atoms with Crippen molar-refractivity contribution in [3.05, 3.63) is 22.4 Å². The standard InChI is InChI=1S/C10H12ClNOS/c11-8-3-5-12(6-4-8)10(13)9-2-1-7-14-9/h1-2,7-8H,3-6H2. The minimum atomic E-state index is 0.156. The lowest BCUT2D eigenvalue weighted by Crippen LogP contribution is -2.38. The third-order valence-corrected chi connectivity index (χ3v) is 3.74. The Balaban J connectivity index is 1.99. The minimum Gasteiger partial charge on any atom is -0.338 e. The van der Waals surface area contributed by atoms with E-state index in [4.69, 9.17) is 11.6 Å². The fraction of sp³-hybridized carbons (Fsp3) is 0.500. The molecule has 1 saturated heterocycles. The summed E-state index contributed by atoms with van der Waals surface area (Å²) >= 11 is 7.48. The molecule has 0 N–H and O–H groups in total. The number of likely N-dealkylation sites (tertiary alicyclic amines) is 1. The highest BCUT2D eigenvalue weighted by Gasteiger charge is 2.22. The molecule has 1 amide bonds. The molecule has 0 spiro atoms. The number of carbonyl (C=O) groups excluding carboxylic acids is 1. The zero-order valence-corrected chi connectivity index (χ0v) is 9.35. The van der Waals surface area contributed by atoms with Gasteiger partial charge in [-0.3, -0.25) is 4.79 Å². The number of nitrogens with zero attached hydrogens (tertiary/aromatic N) is 1. The van der Waals surface area contributed by atoms with Crippen LogP contribution in [0.4, 0.5) is 0 Å². The van der Waals surface area contributed by atoms with E-state index >= 15 is 0 Å². The largest absolute Gasteiger partial charge is 0.338 e. The number of halogens is 1. The van der Waals surface area contributed by atoms with Gasteiger partial charge in [-0.1, -0.05) is 6.07 Å². The Labute approximate surface area is 92.5 Å². The summed E-state index contributed by atoms with van der Waals surface area (Å²) < 4.78 is 0. The van der Waals surface area contributed by atoms with E-state index in [9.17, 15) is 4.79 Å². The van der Waals surface area contributed by atoms with Crippen LogP contribution in [0.3, 0.4) is 0 Å². The third kappa shape index (κ3) is 2.10. The number of piperidine rings is 1. The molecule has 76 valence electrons. The molecule has 1 aliphatic heterocycles. The van der Waals surface area contributed by atoms with E-state index in [0.29, 0.717) is 0 Å². The molecule has 14 heavy (non-hydrogen) atoms. The number of hydrogen-bond acceptors (Lipinski definition) is 2. The Hall–Kier alpha value is -0.540. The van der Waals surface area contributed by atoms with Crippen LogP contribution >= 0.6 is 22.9 Å². The second-order valence-electron chi connectivity index (χ2n) is 3.44. The summed E-state index contributed by atoms with van der Waals surface area (Å²) in [5, 5.41) is 2.18. The molecule has 2 heterocycles. The van der Waals surface area contributed by atoms with Crippen LogP contribution in [-0.4, -0.2) is 29.3 Å². The topological polar surface area (TPSA) is 20.3 Å². The predicted molar refractivity (Wildman–Crippen MR) is 59.1 cm³/mol. The molecule has 0 radical (unpaired) electrons. The van der Waals surface area contributed by atoms with Gasteiger partial charge in [0.15, 0.2) is 0 Å². The maximum atomic E-state index is 11.9. The van der Waals surface area contributed by atoms with E-state index in [1.165, 1.54) is 11.3 Å². The maximum absolute atomic E-state index is 11.9. The molecule has 1 aromatic rings. The Bertz CT molecular complexity index is 304. The van der Waals surface area contributed by atoms with Crippen LogP contribution in [0.2, 0.25) is 0 Å². The Morgan fingerprint density at radius 1 is 1.50 bits per heavy atom. The van der Waals surface area contributed by atoms with Gasteiger partial charge in [0.25, 0.3) is 5.91 Å². The van der Waals surface area contributed by atoms with E-state index in [0.717, 1.165) is 30.8 Å². The van der Waals surface area contributed by atoms with Gasteiger partial charge in [0.05, 0.1) is 4.88 Å². The van der Waals surface area contributed by atoms with E-state index in [1.54, 1.807) is 0 Å². The predicted octanol–water partition coefficient (Wildman–Crippen LogP) is 2.59. The molecule has 1 fully saturated rings. The summed E-state index contributed by atoms with van der Waals surface area (Å²) in [5.74, 6) is 0.156. The van der Waals surface area contributed by atoms with Crippen LogP contribution in [0.15, 0.2) is 17.5 Å². The van der Waals surface area contributed by atoms with Gasteiger partial charge in [0, 0.05) is 18.5 Å². The monoisotopic (exact) mass is 229 g/mol. The van der Waals surface area contributed by atoms with Crippen LogP contribution in [0.25, 0.3) is 0 Å². The lowest BCUT2D eigenvalue weighted by molar-refractivity contribution is 0.0731. The van der Waals surface area contributed by atoms with Crippen molar-refractivity contribution >= 4 is 28.8 Å². The lowest BCUT2D eigenvalue weighted by atomic mass is 10.1. The van der Waals surface area contributed by atoms with Crippen molar-refractivity contribution in [1.82, 2.24) is 4.90 Å². The average Bonchev–Trinajstić information content (AvgIpc) is 2.71. The first kappa shape index (κ1) is 9.99. The molecule has 0 bridgehead atoms. The minimum absolute atomic E-state index is 0.156. The fourth-order valence-electron chi connectivity index (χ4n) is 1.61. The summed E-state index contributed by atoms with van der Waals surface area (Å²) in [6.07, 6.45) is 1.83. The lowest BCUT2D eigenvalue weighted by Gasteiger charge is -2.28. The Morgan fingerprint density at radius 2 is 2.21 bits per heavy atom. The van der Waals surface area contributed by atoms with Crippen molar-refractivity contribution in [3.8, 4) is 0 Å². The van der Waals surface area contributed by atoms with Gasteiger partial charge in [0.1, 0.15) is 0 Å². The third-order valence-electron chi connectivity index (χ3n) is 2.44. The highest BCUT2D eigenvalue weighted by molar-refractivity contribution is 7.12. The molecule has 1 aromatic heterocycles. The van der Waals surface area contributed by atoms with Gasteiger partial charge < -0.3 is 4.90 Å². The normalized spacial score (nSPS) is 18.5. The zero-order valence-electron chi connectivity index (χ0n) is 7.78. The van der Waals surface area contributed by atoms with Crippen molar-refractivity contribution in [2.75, 3.05) is 13.1 Å². The molecular weight excluding hydrogens is 218 g/mol. The molecule has 0 atom stereocenters. The highest BCUT2D eigenvalue weighted by Crippen LogP contribution is 2.19. The van der Waals surface area contributed by atoms with Crippen molar-refractivity contribution in [2.45, 2.75) is 18.2 Å². The summed E-state index contributed by atoms with van der Waals surface area (Å²) in [6, 6.07) is 3.78. The summed E-state index contributed by atoms with van der Waals surface area (Å²) in [5.41, 5.74) is 0. The van der Waals surface area contributed by atoms with Crippen molar-refractivity contribution in [1.29, 1.82) is 0 Å². The quantitative estimate of drug-likeness (QED) is 0.678. The summed E-state index contributed by atoms with van der Waals surface area (Å²) in [4.78, 5) is 14.6. The number of carbonyl (C=O) groups is 1. The SMILES string of the molecule is O=C(c1cccs1)N1CCC(Cl)CC1. The second-order valence-corrected chi connectivity index (χ2v) is 5.01. The van der Waals surface area contributed by atoms with Crippen molar-refractivity contribution < 1.29 is 4.79 Å². The van der Waals surface area contributed by atoms with Crippen LogP contribution in [0.5, 0.6) is 0 Å². The van der Waals surface area contributed by atoms with Gasteiger partial charge in [0.2, 0.25) is 0 Å². The average molecular weight is 230 g/mol. The van der Waals surface area contributed by atoms with Gasteiger partial charge >= 0.3 is 0 Å². The molecule has 1 aliphatic rings. The van der Waals surface area contributed by atoms with E-state index in [1.807, 2.05) is 22.4 Å². The zero-order chi connectivity index (χ0) is 9.97. The van der Waals surface area contributed by atoms with Gasteiger partial charge in [-0.15, -0.1) is 22.9 Å². The number of amides is 1. The molecule has 2 rings (SSSR count). The van der Waals surface area contributed by atoms with Crippen molar-refractivity contribution in [2.24, 2.45) is 0 Å². The first-order valence-corrected chi connectivity index (χ1v) is 6.06. The number of rotatable bonds is 1. The smallest absolute Gasteiger partial charge is 0.263 e. The molecule has 0 aromatic carbocycles. The molecular formula is C10H12ClNOS. The van der Waals surface area contributed by atoms with Crippen molar-refractivity contribution in [3.63, 3.8) is 0 Å². The summed E-state index contributed by atoms with van der Waals surface area (Å²) in [6.45, 7) is 1.59. The van der Waals surface area contributed by atoms with E-state index in [2.05, 4.69) is 0 Å². The molecule has 0 saturated carbocycles. The summed E-state index contributed by atoms with van der Waals surface area (Å²) in [7, 11) is 0. The maximum Gasteiger partial charge on any atom is 0.263 e. The molecule has 0 aliphatic carbocycles. The van der Waals surface area contributed by atoms with Crippen LogP contribution in [-0.2, 0) is 0 Å². The molecule has 0 unspecified atom stereocenters. The fourth-order valence-corrected chi connectivity index (χ4v) is 2.49. The van der Waals surface area contributed by atoms with Gasteiger partial charge in [-0.05, 0) is 24.3 Å². The molecule has 2 nitrogen and oxygen atoms in total. The van der Waals surface area contributed by atoms with E-state index < -0.39 is 0 Å². The highest BCUT2D eigenvalue weighted by atomic mass is 35.5.